The van der Waals surface area contributed by atoms with Crippen LogP contribution in [0.3, 0.4) is 0 Å². The third kappa shape index (κ3) is 3.39. The monoisotopic (exact) mass is 329 g/mol. The third-order valence-electron chi connectivity index (χ3n) is 3.11. The Hall–Kier alpha value is -0.930. The van der Waals surface area contributed by atoms with Gasteiger partial charge < -0.3 is 10.4 Å². The molecule has 0 saturated heterocycles. The van der Waals surface area contributed by atoms with E-state index >= 15 is 0 Å². The van der Waals surface area contributed by atoms with E-state index in [9.17, 15) is 5.11 Å². The maximum absolute atomic E-state index is 9.77. The fraction of sp³-hybridized carbons (Fsp3) is 0.200. The van der Waals surface area contributed by atoms with Crippen molar-refractivity contribution in [2.45, 2.75) is 12.5 Å². The summed E-state index contributed by atoms with van der Waals surface area (Å²) in [6.45, 7) is 1.76. The molecule has 0 bridgehead atoms. The molecule has 0 aromatic heterocycles. The molecule has 5 heteroatoms. The fourth-order valence-corrected chi connectivity index (χ4v) is 2.72. The minimum Gasteiger partial charge on any atom is -0.394 e. The van der Waals surface area contributed by atoms with Gasteiger partial charge in [-0.25, -0.2) is 0 Å². The van der Waals surface area contributed by atoms with Gasteiger partial charge in [-0.1, -0.05) is 40.9 Å². The van der Waals surface area contributed by atoms with E-state index in [-0.39, 0.29) is 6.61 Å². The second-order valence-corrected chi connectivity index (χ2v) is 6.03. The molecule has 2 aromatic rings. The zero-order chi connectivity index (χ0) is 14.8. The molecule has 2 rings (SSSR count). The Balaban J connectivity index is 2.35. The summed E-state index contributed by atoms with van der Waals surface area (Å²) in [7, 11) is 0. The Morgan fingerprint density at radius 1 is 1.00 bits per heavy atom. The molecule has 1 atom stereocenters. The van der Waals surface area contributed by atoms with E-state index in [2.05, 4.69) is 5.32 Å². The van der Waals surface area contributed by atoms with Crippen LogP contribution in [0.15, 0.2) is 42.5 Å². The van der Waals surface area contributed by atoms with Gasteiger partial charge in [0.1, 0.15) is 0 Å². The van der Waals surface area contributed by atoms with E-state index in [1.807, 2.05) is 25.1 Å². The van der Waals surface area contributed by atoms with E-state index in [0.29, 0.717) is 15.1 Å². The standard InChI is InChI=1S/C15H14Cl3NO/c1-15(9-20,13-7-4-11(17)8-14(13)18)19-12-5-2-10(16)3-6-12/h2-8,19-20H,9H2,1H3. The van der Waals surface area contributed by atoms with Gasteiger partial charge in [0, 0.05) is 20.8 Å². The quantitative estimate of drug-likeness (QED) is 0.830. The van der Waals surface area contributed by atoms with Crippen LogP contribution in [0.5, 0.6) is 0 Å². The summed E-state index contributed by atoms with van der Waals surface area (Å²) < 4.78 is 0. The molecule has 2 N–H and O–H groups in total. The summed E-state index contributed by atoms with van der Waals surface area (Å²) in [5.74, 6) is 0. The van der Waals surface area contributed by atoms with E-state index in [0.717, 1.165) is 11.3 Å². The molecule has 0 aliphatic carbocycles. The summed E-state index contributed by atoms with van der Waals surface area (Å²) in [4.78, 5) is 0. The average molecular weight is 331 g/mol. The van der Waals surface area contributed by atoms with Crippen LogP contribution in [0.1, 0.15) is 12.5 Å². The second kappa shape index (κ2) is 6.23. The van der Waals surface area contributed by atoms with Crippen molar-refractivity contribution in [3.8, 4) is 0 Å². The molecule has 1 unspecified atom stereocenters. The lowest BCUT2D eigenvalue weighted by atomic mass is 9.92. The zero-order valence-corrected chi connectivity index (χ0v) is 13.1. The first-order chi connectivity index (χ1) is 9.44. The van der Waals surface area contributed by atoms with Gasteiger partial charge in [-0.15, -0.1) is 0 Å². The summed E-state index contributed by atoms with van der Waals surface area (Å²) in [6.07, 6.45) is 0. The van der Waals surface area contributed by atoms with E-state index in [1.165, 1.54) is 0 Å². The molecular formula is C15H14Cl3NO. The van der Waals surface area contributed by atoms with E-state index in [1.54, 1.807) is 24.3 Å². The average Bonchev–Trinajstić information content (AvgIpc) is 2.41. The van der Waals surface area contributed by atoms with Crippen LogP contribution in [-0.4, -0.2) is 11.7 Å². The molecule has 0 spiro atoms. The molecule has 0 radical (unpaired) electrons. The van der Waals surface area contributed by atoms with Crippen LogP contribution in [0.4, 0.5) is 5.69 Å². The third-order valence-corrected chi connectivity index (χ3v) is 3.91. The highest BCUT2D eigenvalue weighted by Gasteiger charge is 2.28. The summed E-state index contributed by atoms with van der Waals surface area (Å²) in [5, 5.41) is 14.8. The fourth-order valence-electron chi connectivity index (χ4n) is 1.98. The minimum absolute atomic E-state index is 0.114. The maximum atomic E-state index is 9.77. The smallest absolute Gasteiger partial charge is 0.0842 e. The van der Waals surface area contributed by atoms with Gasteiger partial charge in [-0.05, 0) is 48.9 Å². The first-order valence-electron chi connectivity index (χ1n) is 6.05. The van der Waals surface area contributed by atoms with Crippen LogP contribution < -0.4 is 5.32 Å². The van der Waals surface area contributed by atoms with Crippen molar-refractivity contribution >= 4 is 40.5 Å². The van der Waals surface area contributed by atoms with Crippen molar-refractivity contribution in [1.82, 2.24) is 0 Å². The van der Waals surface area contributed by atoms with Crippen LogP contribution in [0, 0.1) is 0 Å². The summed E-state index contributed by atoms with van der Waals surface area (Å²) >= 11 is 18.0. The van der Waals surface area contributed by atoms with E-state index < -0.39 is 5.54 Å². The first kappa shape index (κ1) is 15.5. The van der Waals surface area contributed by atoms with Gasteiger partial charge in [-0.2, -0.15) is 0 Å². The Morgan fingerprint density at radius 3 is 2.15 bits per heavy atom. The summed E-state index contributed by atoms with van der Waals surface area (Å²) in [5.41, 5.74) is 0.910. The van der Waals surface area contributed by atoms with Gasteiger partial charge in [-0.3, -0.25) is 0 Å². The zero-order valence-electron chi connectivity index (χ0n) is 10.8. The van der Waals surface area contributed by atoms with Crippen LogP contribution in [0.2, 0.25) is 15.1 Å². The van der Waals surface area contributed by atoms with Gasteiger partial charge in [0.25, 0.3) is 0 Å². The number of halogens is 3. The number of benzene rings is 2. The molecule has 0 heterocycles. The molecule has 106 valence electrons. The van der Waals surface area contributed by atoms with E-state index in [4.69, 9.17) is 34.8 Å². The maximum Gasteiger partial charge on any atom is 0.0842 e. The number of aliphatic hydroxyl groups excluding tert-OH is 1. The van der Waals surface area contributed by atoms with Crippen molar-refractivity contribution < 1.29 is 5.11 Å². The number of aliphatic hydroxyl groups is 1. The molecule has 20 heavy (non-hydrogen) atoms. The highest BCUT2D eigenvalue weighted by molar-refractivity contribution is 6.35. The number of hydrogen-bond acceptors (Lipinski definition) is 2. The lowest BCUT2D eigenvalue weighted by molar-refractivity contribution is 0.224. The summed E-state index contributed by atoms with van der Waals surface area (Å²) in [6, 6.07) is 12.5. The predicted molar refractivity (Wildman–Crippen MR) is 86.0 cm³/mol. The van der Waals surface area contributed by atoms with Crippen molar-refractivity contribution in [3.05, 3.63) is 63.1 Å². The Kier molecular flexibility index (Phi) is 4.82. The number of hydrogen-bond donors (Lipinski definition) is 2. The lowest BCUT2D eigenvalue weighted by Gasteiger charge is -2.31. The van der Waals surface area contributed by atoms with Crippen molar-refractivity contribution in [1.29, 1.82) is 0 Å². The topological polar surface area (TPSA) is 32.3 Å². The number of anilines is 1. The predicted octanol–water partition coefficient (Wildman–Crippen LogP) is 4.97. The van der Waals surface area contributed by atoms with Crippen molar-refractivity contribution in [2.24, 2.45) is 0 Å². The Morgan fingerprint density at radius 2 is 1.60 bits per heavy atom. The lowest BCUT2D eigenvalue weighted by Crippen LogP contribution is -2.36. The molecule has 2 nitrogen and oxygen atoms in total. The SMILES string of the molecule is CC(CO)(Nc1ccc(Cl)cc1)c1ccc(Cl)cc1Cl. The first-order valence-corrected chi connectivity index (χ1v) is 7.18. The highest BCUT2D eigenvalue weighted by Crippen LogP contribution is 2.33. The Labute approximate surface area is 133 Å². The molecule has 0 aliphatic heterocycles. The van der Waals surface area contributed by atoms with Crippen LogP contribution >= 0.6 is 34.8 Å². The van der Waals surface area contributed by atoms with Crippen molar-refractivity contribution in [3.63, 3.8) is 0 Å². The number of rotatable bonds is 4. The molecule has 0 saturated carbocycles. The number of nitrogens with one attached hydrogen (secondary N) is 1. The van der Waals surface area contributed by atoms with Gasteiger partial charge in [0.2, 0.25) is 0 Å². The second-order valence-electron chi connectivity index (χ2n) is 4.75. The van der Waals surface area contributed by atoms with Crippen molar-refractivity contribution in [2.75, 3.05) is 11.9 Å². The molecule has 0 aliphatic rings. The van der Waals surface area contributed by atoms with Crippen LogP contribution in [0.25, 0.3) is 0 Å². The van der Waals surface area contributed by atoms with Crippen LogP contribution in [-0.2, 0) is 5.54 Å². The Bertz CT molecular complexity index is 601. The molecule has 2 aromatic carbocycles. The highest BCUT2D eigenvalue weighted by atomic mass is 35.5. The largest absolute Gasteiger partial charge is 0.394 e. The minimum atomic E-state index is -0.713. The molecule has 0 amide bonds. The van der Waals surface area contributed by atoms with Gasteiger partial charge >= 0.3 is 0 Å². The van der Waals surface area contributed by atoms with Gasteiger partial charge in [0.15, 0.2) is 0 Å². The van der Waals surface area contributed by atoms with Gasteiger partial charge in [0.05, 0.1) is 12.1 Å². The normalized spacial score (nSPS) is 13.8. The molecular weight excluding hydrogens is 317 g/mol. The molecule has 0 fully saturated rings.